The van der Waals surface area contributed by atoms with Crippen LogP contribution in [0, 0.1) is 18.6 Å². The molecule has 0 aliphatic carbocycles. The van der Waals surface area contributed by atoms with Gasteiger partial charge in [0.25, 0.3) is 5.91 Å². The quantitative estimate of drug-likeness (QED) is 0.452. The number of urea groups is 1. The van der Waals surface area contributed by atoms with E-state index in [0.29, 0.717) is 11.5 Å². The highest BCUT2D eigenvalue weighted by atomic mass is 32.1. The molecular formula is C17H18F2N4O5S. The molecule has 0 aliphatic heterocycles. The van der Waals surface area contributed by atoms with Crippen LogP contribution < -0.4 is 21.1 Å². The first kappa shape index (κ1) is 22.0. The van der Waals surface area contributed by atoms with E-state index in [1.807, 2.05) is 0 Å². The van der Waals surface area contributed by atoms with Crippen molar-refractivity contribution in [3.05, 3.63) is 40.5 Å². The molecule has 0 atom stereocenters. The summed E-state index contributed by atoms with van der Waals surface area (Å²) in [6.07, 6.45) is 0.114. The molecule has 1 aromatic carbocycles. The van der Waals surface area contributed by atoms with E-state index in [1.54, 1.807) is 0 Å². The summed E-state index contributed by atoms with van der Waals surface area (Å²) in [4.78, 5) is 34.0. The molecule has 2 rings (SSSR count). The second kappa shape index (κ2) is 9.78. The van der Waals surface area contributed by atoms with E-state index in [0.717, 1.165) is 12.1 Å². The van der Waals surface area contributed by atoms with Gasteiger partial charge in [0.05, 0.1) is 0 Å². The van der Waals surface area contributed by atoms with E-state index in [9.17, 15) is 23.2 Å². The van der Waals surface area contributed by atoms with Crippen LogP contribution >= 0.6 is 11.5 Å². The average Bonchev–Trinajstić information content (AvgIpc) is 3.03. The van der Waals surface area contributed by atoms with Gasteiger partial charge in [-0.05, 0) is 42.6 Å². The number of aliphatic carboxylic acids is 1. The first-order chi connectivity index (χ1) is 13.7. The summed E-state index contributed by atoms with van der Waals surface area (Å²) >= 11 is 0.712. The van der Waals surface area contributed by atoms with Crippen molar-refractivity contribution in [3.63, 3.8) is 0 Å². The number of hydrogen-bond acceptors (Lipinski definition) is 6. The van der Waals surface area contributed by atoms with Crippen LogP contribution in [0.3, 0.4) is 0 Å². The molecule has 0 saturated carbocycles. The topological polar surface area (TPSA) is 144 Å². The fourth-order valence-electron chi connectivity index (χ4n) is 2.21. The average molecular weight is 428 g/mol. The zero-order valence-electron chi connectivity index (χ0n) is 15.3. The molecule has 0 bridgehead atoms. The van der Waals surface area contributed by atoms with Crippen LogP contribution in [0.2, 0.25) is 0 Å². The molecule has 12 heteroatoms. The Hall–Kier alpha value is -3.28. The Morgan fingerprint density at radius 2 is 2.00 bits per heavy atom. The van der Waals surface area contributed by atoms with Crippen molar-refractivity contribution in [1.29, 1.82) is 0 Å². The highest BCUT2D eigenvalue weighted by Gasteiger charge is 2.22. The standard InChI is InChI=1S/C17H18F2N4O5S/c1-8-5-11(19)9(6-10(8)18)7-28-15-13(14(20)26)16(29-23-15)22-17(27)21-4-2-3-12(24)25/h5-6H,2-4,7H2,1H3,(H2,20,26)(H,24,25)(H2,21,22,27). The first-order valence-electron chi connectivity index (χ1n) is 8.32. The smallest absolute Gasteiger partial charge is 0.319 e. The molecule has 0 saturated heterocycles. The Balaban J connectivity index is 2.04. The molecule has 0 fully saturated rings. The lowest BCUT2D eigenvalue weighted by Gasteiger charge is -2.08. The number of nitrogens with two attached hydrogens (primary N) is 1. The second-order valence-electron chi connectivity index (χ2n) is 5.92. The van der Waals surface area contributed by atoms with E-state index in [4.69, 9.17) is 15.6 Å². The number of anilines is 1. The Labute approximate surface area is 168 Å². The van der Waals surface area contributed by atoms with Gasteiger partial charge in [0, 0.05) is 18.5 Å². The lowest BCUT2D eigenvalue weighted by atomic mass is 10.1. The van der Waals surface area contributed by atoms with Crippen LogP contribution in [0.5, 0.6) is 5.88 Å². The Morgan fingerprint density at radius 1 is 1.28 bits per heavy atom. The minimum Gasteiger partial charge on any atom is -0.481 e. The van der Waals surface area contributed by atoms with Gasteiger partial charge >= 0.3 is 12.0 Å². The number of halogens is 2. The van der Waals surface area contributed by atoms with E-state index >= 15 is 0 Å². The van der Waals surface area contributed by atoms with E-state index < -0.39 is 36.1 Å². The van der Waals surface area contributed by atoms with Crippen molar-refractivity contribution in [3.8, 4) is 5.88 Å². The van der Waals surface area contributed by atoms with Crippen LogP contribution in [-0.4, -0.2) is 33.9 Å². The van der Waals surface area contributed by atoms with Gasteiger partial charge in [-0.25, -0.2) is 13.6 Å². The van der Waals surface area contributed by atoms with Crippen molar-refractivity contribution >= 4 is 34.4 Å². The summed E-state index contributed by atoms with van der Waals surface area (Å²) in [6.45, 7) is 1.11. The van der Waals surface area contributed by atoms with Gasteiger partial charge in [0.15, 0.2) is 0 Å². The fourth-order valence-corrected chi connectivity index (χ4v) is 2.95. The summed E-state index contributed by atoms with van der Waals surface area (Å²) in [7, 11) is 0. The van der Waals surface area contributed by atoms with Crippen LogP contribution in [0.15, 0.2) is 12.1 Å². The number of nitrogens with one attached hydrogen (secondary N) is 2. The molecule has 2 aromatic rings. The summed E-state index contributed by atoms with van der Waals surface area (Å²) in [5.74, 6) is -3.45. The minimum absolute atomic E-state index is 0.00112. The van der Waals surface area contributed by atoms with Gasteiger partial charge in [-0.2, -0.15) is 4.37 Å². The van der Waals surface area contributed by atoms with Crippen molar-refractivity contribution in [2.75, 3.05) is 11.9 Å². The van der Waals surface area contributed by atoms with Crippen LogP contribution in [0.4, 0.5) is 18.6 Å². The highest BCUT2D eigenvalue weighted by molar-refractivity contribution is 7.11. The Kier molecular flexibility index (Phi) is 7.42. The largest absolute Gasteiger partial charge is 0.481 e. The van der Waals surface area contributed by atoms with E-state index in [2.05, 4.69) is 15.0 Å². The van der Waals surface area contributed by atoms with Crippen LogP contribution in [-0.2, 0) is 11.4 Å². The number of carboxylic acid groups (broad SMARTS) is 1. The van der Waals surface area contributed by atoms with Crippen molar-refractivity contribution in [2.24, 2.45) is 5.73 Å². The molecule has 9 nitrogen and oxygen atoms in total. The fraction of sp³-hybridized carbons (Fsp3) is 0.294. The molecule has 0 radical (unpaired) electrons. The number of nitrogens with zero attached hydrogens (tertiary/aromatic N) is 1. The molecule has 3 amide bonds. The maximum absolute atomic E-state index is 13.9. The number of aromatic nitrogens is 1. The zero-order valence-corrected chi connectivity index (χ0v) is 16.1. The van der Waals surface area contributed by atoms with E-state index in [1.165, 1.54) is 6.92 Å². The van der Waals surface area contributed by atoms with Gasteiger partial charge in [0.1, 0.15) is 28.8 Å². The monoisotopic (exact) mass is 428 g/mol. The lowest BCUT2D eigenvalue weighted by molar-refractivity contribution is -0.137. The third-order valence-electron chi connectivity index (χ3n) is 3.68. The zero-order chi connectivity index (χ0) is 21.6. The predicted molar refractivity (Wildman–Crippen MR) is 100.0 cm³/mol. The number of carbonyl (C=O) groups is 3. The SMILES string of the molecule is Cc1cc(F)c(COc2nsc(NC(=O)NCCCC(=O)O)c2C(N)=O)cc1F. The van der Waals surface area contributed by atoms with Crippen LogP contribution in [0.25, 0.3) is 0 Å². The maximum Gasteiger partial charge on any atom is 0.319 e. The van der Waals surface area contributed by atoms with Gasteiger partial charge in [0.2, 0.25) is 5.88 Å². The highest BCUT2D eigenvalue weighted by Crippen LogP contribution is 2.31. The number of ether oxygens (including phenoxy) is 1. The number of carbonyl (C=O) groups excluding carboxylic acids is 2. The van der Waals surface area contributed by atoms with Crippen LogP contribution in [0.1, 0.15) is 34.3 Å². The molecule has 29 heavy (non-hydrogen) atoms. The molecule has 5 N–H and O–H groups in total. The number of benzene rings is 1. The Bertz CT molecular complexity index is 935. The number of rotatable bonds is 9. The number of amides is 3. The number of hydrogen-bond donors (Lipinski definition) is 4. The number of carboxylic acids is 1. The molecule has 0 unspecified atom stereocenters. The van der Waals surface area contributed by atoms with E-state index in [-0.39, 0.29) is 47.0 Å². The molecule has 156 valence electrons. The molecule has 1 aromatic heterocycles. The summed E-state index contributed by atoms with van der Waals surface area (Å²) in [6, 6.07) is 1.30. The molecule has 1 heterocycles. The van der Waals surface area contributed by atoms with Gasteiger partial charge in [-0.15, -0.1) is 0 Å². The summed E-state index contributed by atoms with van der Waals surface area (Å²) < 4.78 is 36.7. The summed E-state index contributed by atoms with van der Waals surface area (Å²) in [5.41, 5.74) is 5.15. The predicted octanol–water partition coefficient (Wildman–Crippen LogP) is 2.39. The van der Waals surface area contributed by atoms with Gasteiger partial charge in [-0.3, -0.25) is 14.9 Å². The normalized spacial score (nSPS) is 10.4. The molecule has 0 aliphatic rings. The molecule has 0 spiro atoms. The minimum atomic E-state index is -0.989. The Morgan fingerprint density at radius 3 is 2.66 bits per heavy atom. The summed E-state index contributed by atoms with van der Waals surface area (Å²) in [5, 5.41) is 13.3. The third-order valence-corrected chi connectivity index (χ3v) is 4.43. The maximum atomic E-state index is 13.9. The number of primary amides is 1. The first-order valence-corrected chi connectivity index (χ1v) is 9.09. The van der Waals surface area contributed by atoms with Crippen molar-refractivity contribution in [1.82, 2.24) is 9.69 Å². The van der Waals surface area contributed by atoms with Gasteiger partial charge < -0.3 is 20.9 Å². The third kappa shape index (κ3) is 6.10. The lowest BCUT2D eigenvalue weighted by Crippen LogP contribution is -2.30. The second-order valence-corrected chi connectivity index (χ2v) is 6.69. The molecular weight excluding hydrogens is 410 g/mol. The number of aryl methyl sites for hydroxylation is 1. The van der Waals surface area contributed by atoms with Crippen molar-refractivity contribution in [2.45, 2.75) is 26.4 Å². The van der Waals surface area contributed by atoms with Crippen molar-refractivity contribution < 1.29 is 33.0 Å². The van der Waals surface area contributed by atoms with Gasteiger partial charge in [-0.1, -0.05) is 0 Å².